The van der Waals surface area contributed by atoms with Gasteiger partial charge in [-0.2, -0.15) is 0 Å². The summed E-state index contributed by atoms with van der Waals surface area (Å²) in [6.07, 6.45) is 0. The molecule has 4 nitrogen and oxygen atoms in total. The van der Waals surface area contributed by atoms with Crippen LogP contribution in [0.3, 0.4) is 0 Å². The molecule has 0 spiro atoms. The Bertz CT molecular complexity index is 610. The molecule has 0 heterocycles. The average Bonchev–Trinajstić information content (AvgIpc) is 2.47. The van der Waals surface area contributed by atoms with E-state index in [1.165, 1.54) is 6.07 Å². The van der Waals surface area contributed by atoms with Gasteiger partial charge in [-0.25, -0.2) is 4.79 Å². The highest BCUT2D eigenvalue weighted by atomic mass is 16.4. The van der Waals surface area contributed by atoms with Crippen LogP contribution in [0.2, 0.25) is 0 Å². The number of aliphatic hydroxyl groups is 1. The van der Waals surface area contributed by atoms with Crippen molar-refractivity contribution in [2.75, 3.05) is 0 Å². The monoisotopic (exact) mass is 255 g/mol. The smallest absolute Gasteiger partial charge is 0.345 e. The van der Waals surface area contributed by atoms with Gasteiger partial charge in [-0.1, -0.05) is 48.5 Å². The Labute approximate surface area is 110 Å². The third-order valence-electron chi connectivity index (χ3n) is 2.97. The van der Waals surface area contributed by atoms with Gasteiger partial charge in [0.15, 0.2) is 0 Å². The second-order valence-corrected chi connectivity index (χ2v) is 4.06. The van der Waals surface area contributed by atoms with Crippen molar-refractivity contribution in [3.05, 3.63) is 65.7 Å². The topological polar surface area (TPSA) is 69.9 Å². The fraction of sp³-hybridized carbons (Fsp3) is 0.0667. The van der Waals surface area contributed by atoms with E-state index in [4.69, 9.17) is 0 Å². The zero-order chi connectivity index (χ0) is 13.9. The summed E-state index contributed by atoms with van der Waals surface area (Å²) >= 11 is 0. The number of carboxylic acid groups (broad SMARTS) is 1. The van der Waals surface area contributed by atoms with Gasteiger partial charge in [-0.15, -0.1) is 0 Å². The van der Waals surface area contributed by atoms with E-state index in [1.54, 1.807) is 48.5 Å². The lowest BCUT2D eigenvalue weighted by molar-refractivity contribution is -0.155. The zero-order valence-electron chi connectivity index (χ0n) is 10.2. The summed E-state index contributed by atoms with van der Waals surface area (Å²) in [7, 11) is 0. The van der Waals surface area contributed by atoms with Gasteiger partial charge in [-0.3, -0.25) is 4.99 Å². The summed E-state index contributed by atoms with van der Waals surface area (Å²) in [6.45, 7) is 3.40. The van der Waals surface area contributed by atoms with Crippen LogP contribution in [0.15, 0.2) is 59.6 Å². The van der Waals surface area contributed by atoms with E-state index >= 15 is 0 Å². The lowest BCUT2D eigenvalue weighted by atomic mass is 9.85. The molecule has 2 rings (SSSR count). The summed E-state index contributed by atoms with van der Waals surface area (Å²) in [5, 5.41) is 20.1. The van der Waals surface area contributed by atoms with Crippen molar-refractivity contribution >= 4 is 18.4 Å². The van der Waals surface area contributed by atoms with Crippen molar-refractivity contribution in [1.82, 2.24) is 0 Å². The first kappa shape index (κ1) is 13.0. The Hall–Kier alpha value is -2.46. The lowest BCUT2D eigenvalue weighted by Gasteiger charge is -2.25. The number of aliphatic imine (C=N–C) groups is 1. The average molecular weight is 255 g/mol. The first-order valence-electron chi connectivity index (χ1n) is 5.68. The molecule has 0 aromatic heterocycles. The molecule has 0 radical (unpaired) electrons. The van der Waals surface area contributed by atoms with E-state index in [0.717, 1.165) is 0 Å². The molecule has 96 valence electrons. The summed E-state index contributed by atoms with van der Waals surface area (Å²) in [5.41, 5.74) is -1.32. The third-order valence-corrected chi connectivity index (χ3v) is 2.97. The van der Waals surface area contributed by atoms with Crippen LogP contribution >= 0.6 is 0 Å². The van der Waals surface area contributed by atoms with Crippen LogP contribution in [0.1, 0.15) is 11.1 Å². The van der Waals surface area contributed by atoms with E-state index in [9.17, 15) is 15.0 Å². The molecule has 0 aliphatic rings. The van der Waals surface area contributed by atoms with Crippen LogP contribution in [0.25, 0.3) is 0 Å². The SMILES string of the molecule is C=Nc1ccccc1C(O)(C(=O)O)c1ccccc1. The van der Waals surface area contributed by atoms with Crippen molar-refractivity contribution in [1.29, 1.82) is 0 Å². The molecule has 19 heavy (non-hydrogen) atoms. The second-order valence-electron chi connectivity index (χ2n) is 4.06. The number of nitrogens with zero attached hydrogens (tertiary/aromatic N) is 1. The molecule has 1 atom stereocenters. The van der Waals surface area contributed by atoms with Crippen LogP contribution in [-0.4, -0.2) is 22.9 Å². The zero-order valence-corrected chi connectivity index (χ0v) is 10.2. The van der Waals surface area contributed by atoms with Crippen LogP contribution in [0.4, 0.5) is 5.69 Å². The molecule has 2 aromatic rings. The number of aliphatic carboxylic acids is 1. The number of hydrogen-bond acceptors (Lipinski definition) is 3. The number of carbonyl (C=O) groups is 1. The fourth-order valence-electron chi connectivity index (χ4n) is 1.99. The van der Waals surface area contributed by atoms with Gasteiger partial charge >= 0.3 is 5.97 Å². The van der Waals surface area contributed by atoms with Gasteiger partial charge in [0.2, 0.25) is 5.60 Å². The molecule has 2 aromatic carbocycles. The Morgan fingerprint density at radius 2 is 1.63 bits per heavy atom. The molecule has 4 heteroatoms. The number of rotatable bonds is 4. The second kappa shape index (κ2) is 5.04. The highest BCUT2D eigenvalue weighted by molar-refractivity contribution is 5.86. The quantitative estimate of drug-likeness (QED) is 0.824. The van der Waals surface area contributed by atoms with Crippen LogP contribution < -0.4 is 0 Å². The van der Waals surface area contributed by atoms with E-state index in [1.807, 2.05) is 0 Å². The van der Waals surface area contributed by atoms with Crippen molar-refractivity contribution in [2.24, 2.45) is 4.99 Å². The van der Waals surface area contributed by atoms with E-state index in [2.05, 4.69) is 11.7 Å². The van der Waals surface area contributed by atoms with Crippen LogP contribution in [0, 0.1) is 0 Å². The molecular formula is C15H13NO3. The minimum atomic E-state index is -2.14. The maximum atomic E-state index is 11.6. The summed E-state index contributed by atoms with van der Waals surface area (Å²) in [6, 6.07) is 14.7. The van der Waals surface area contributed by atoms with E-state index in [0.29, 0.717) is 5.69 Å². The largest absolute Gasteiger partial charge is 0.479 e. The van der Waals surface area contributed by atoms with Crippen LogP contribution in [-0.2, 0) is 10.4 Å². The molecule has 0 amide bonds. The minimum absolute atomic E-state index is 0.198. The number of hydrogen-bond donors (Lipinski definition) is 2. The Balaban J connectivity index is 2.71. The Kier molecular flexibility index (Phi) is 3.44. The predicted molar refractivity (Wildman–Crippen MR) is 72.7 cm³/mol. The summed E-state index contributed by atoms with van der Waals surface area (Å²) in [4.78, 5) is 15.3. The Morgan fingerprint density at radius 3 is 2.21 bits per heavy atom. The molecule has 2 N–H and O–H groups in total. The molecule has 0 fully saturated rings. The molecule has 1 unspecified atom stereocenters. The van der Waals surface area contributed by atoms with Gasteiger partial charge in [0.1, 0.15) is 0 Å². The minimum Gasteiger partial charge on any atom is -0.479 e. The molecule has 0 saturated heterocycles. The summed E-state index contributed by atoms with van der Waals surface area (Å²) < 4.78 is 0. The summed E-state index contributed by atoms with van der Waals surface area (Å²) in [5.74, 6) is -1.35. The predicted octanol–water partition coefficient (Wildman–Crippen LogP) is 2.34. The highest BCUT2D eigenvalue weighted by Crippen LogP contribution is 2.35. The molecular weight excluding hydrogens is 242 g/mol. The normalized spacial score (nSPS) is 13.5. The van der Waals surface area contributed by atoms with Gasteiger partial charge in [0.05, 0.1) is 5.69 Å². The maximum Gasteiger partial charge on any atom is 0.345 e. The van der Waals surface area contributed by atoms with Gasteiger partial charge in [0, 0.05) is 5.56 Å². The van der Waals surface area contributed by atoms with Crippen molar-refractivity contribution in [2.45, 2.75) is 5.60 Å². The number of para-hydroxylation sites is 1. The number of benzene rings is 2. The van der Waals surface area contributed by atoms with E-state index < -0.39 is 11.6 Å². The fourth-order valence-corrected chi connectivity index (χ4v) is 1.99. The van der Waals surface area contributed by atoms with Gasteiger partial charge < -0.3 is 10.2 Å². The van der Waals surface area contributed by atoms with E-state index in [-0.39, 0.29) is 11.1 Å². The van der Waals surface area contributed by atoms with Crippen LogP contribution in [0.5, 0.6) is 0 Å². The Morgan fingerprint density at radius 1 is 1.05 bits per heavy atom. The first-order chi connectivity index (χ1) is 9.10. The third kappa shape index (κ3) is 2.13. The van der Waals surface area contributed by atoms with Crippen molar-refractivity contribution in [3.63, 3.8) is 0 Å². The van der Waals surface area contributed by atoms with Crippen molar-refractivity contribution < 1.29 is 15.0 Å². The van der Waals surface area contributed by atoms with Gasteiger partial charge in [-0.05, 0) is 18.3 Å². The molecule has 0 bridgehead atoms. The van der Waals surface area contributed by atoms with Crippen molar-refractivity contribution in [3.8, 4) is 0 Å². The van der Waals surface area contributed by atoms with Gasteiger partial charge in [0.25, 0.3) is 0 Å². The lowest BCUT2D eigenvalue weighted by Crippen LogP contribution is -2.36. The standard InChI is InChI=1S/C15H13NO3/c1-16-13-10-6-5-9-12(13)15(19,14(17)18)11-7-3-2-4-8-11/h2-10,19H,1H2,(H,17,18). The maximum absolute atomic E-state index is 11.6. The number of carboxylic acids is 1. The molecule has 0 saturated carbocycles. The highest BCUT2D eigenvalue weighted by Gasteiger charge is 2.41. The molecule has 0 aliphatic heterocycles. The molecule has 0 aliphatic carbocycles. The first-order valence-corrected chi connectivity index (χ1v) is 5.68.